The average molecular weight is 405 g/mol. The Morgan fingerprint density at radius 2 is 1.93 bits per heavy atom. The van der Waals surface area contributed by atoms with Gasteiger partial charge < -0.3 is 15.7 Å². The molecule has 164 valence electrons. The van der Waals surface area contributed by atoms with Gasteiger partial charge in [-0.15, -0.1) is 0 Å². The zero-order chi connectivity index (χ0) is 21.2. The fraction of sp³-hybridized carbons (Fsp3) is 0.917. The lowest BCUT2D eigenvalue weighted by molar-refractivity contribution is -0.206. The number of nitrogens with two attached hydrogens (primary N) is 1. The Morgan fingerprint density at radius 3 is 2.62 bits per heavy atom. The van der Waals surface area contributed by atoms with Crippen molar-refractivity contribution in [2.45, 2.75) is 97.2 Å². The van der Waals surface area contributed by atoms with Gasteiger partial charge in [-0.2, -0.15) is 0 Å². The second kappa shape index (κ2) is 6.78. The third kappa shape index (κ3) is 3.10. The van der Waals surface area contributed by atoms with Gasteiger partial charge in [-0.25, -0.2) is 0 Å². The van der Waals surface area contributed by atoms with Crippen molar-refractivity contribution in [2.24, 2.45) is 45.4 Å². The van der Waals surface area contributed by atoms with E-state index in [1.807, 2.05) is 13.8 Å². The van der Waals surface area contributed by atoms with Gasteiger partial charge in [0, 0.05) is 30.2 Å². The van der Waals surface area contributed by atoms with Crippen LogP contribution < -0.4 is 5.73 Å². The first-order valence-electron chi connectivity index (χ1n) is 11.7. The van der Waals surface area contributed by atoms with Crippen molar-refractivity contribution in [3.05, 3.63) is 0 Å². The highest BCUT2D eigenvalue weighted by Crippen LogP contribution is 2.67. The first-order valence-corrected chi connectivity index (χ1v) is 11.7. The molecule has 0 aliphatic heterocycles. The van der Waals surface area contributed by atoms with E-state index in [9.17, 15) is 9.90 Å². The highest BCUT2D eigenvalue weighted by Gasteiger charge is 2.66. The van der Waals surface area contributed by atoms with Crippen LogP contribution in [0.15, 0.2) is 5.16 Å². The standard InChI is InChI=1S/C24H40N2O3/c1-15-12-24(28)13-16(26-29-21(2,3)14-25)8-11-23(24,5)18-9-10-22(4)17(20(15)18)6-7-19(22)27/h15,17-18,20,28H,6-14,25H2,1-5H3/t15-,17+,18+,20+,22+,23-,24-/m1/s1. The lowest BCUT2D eigenvalue weighted by Crippen LogP contribution is -2.64. The minimum Gasteiger partial charge on any atom is -0.389 e. The molecule has 0 aromatic rings. The number of rotatable bonds is 3. The molecular weight excluding hydrogens is 364 g/mol. The van der Waals surface area contributed by atoms with E-state index in [0.717, 1.165) is 50.7 Å². The SMILES string of the molecule is C[C@@H]1C[C@@]2(O)CC(=NOC(C)(C)CN)CC[C@]2(C)[C@H]2CC[C@]3(C)C(=O)CC[C@H]3[C@H]12. The monoisotopic (exact) mass is 404 g/mol. The molecule has 4 aliphatic carbocycles. The summed E-state index contributed by atoms with van der Waals surface area (Å²) in [6, 6.07) is 0. The summed E-state index contributed by atoms with van der Waals surface area (Å²) >= 11 is 0. The summed E-state index contributed by atoms with van der Waals surface area (Å²) in [6.07, 6.45) is 7.06. The third-order valence-corrected chi connectivity index (χ3v) is 9.58. The van der Waals surface area contributed by atoms with Crippen LogP contribution in [0.3, 0.4) is 0 Å². The van der Waals surface area contributed by atoms with Crippen LogP contribution in [0.1, 0.15) is 86.0 Å². The van der Waals surface area contributed by atoms with Crippen molar-refractivity contribution in [1.82, 2.24) is 0 Å². The van der Waals surface area contributed by atoms with Crippen molar-refractivity contribution in [3.63, 3.8) is 0 Å². The molecule has 4 rings (SSSR count). The summed E-state index contributed by atoms with van der Waals surface area (Å²) in [5.74, 6) is 2.44. The van der Waals surface area contributed by atoms with Gasteiger partial charge in [-0.3, -0.25) is 4.79 Å². The summed E-state index contributed by atoms with van der Waals surface area (Å²) in [4.78, 5) is 18.4. The number of carbonyl (C=O) groups is 1. The summed E-state index contributed by atoms with van der Waals surface area (Å²) < 4.78 is 0. The molecule has 29 heavy (non-hydrogen) atoms. The van der Waals surface area contributed by atoms with Crippen LogP contribution in [0.25, 0.3) is 0 Å². The Morgan fingerprint density at radius 1 is 1.21 bits per heavy atom. The molecule has 0 aromatic heterocycles. The van der Waals surface area contributed by atoms with Gasteiger partial charge in [-0.05, 0) is 76.0 Å². The number of ketones is 1. The van der Waals surface area contributed by atoms with Crippen LogP contribution in [0, 0.1) is 34.5 Å². The quantitative estimate of drug-likeness (QED) is 0.695. The topological polar surface area (TPSA) is 84.9 Å². The van der Waals surface area contributed by atoms with Crippen LogP contribution in [-0.4, -0.2) is 34.3 Å². The predicted molar refractivity (Wildman–Crippen MR) is 114 cm³/mol. The van der Waals surface area contributed by atoms with E-state index in [1.54, 1.807) is 0 Å². The van der Waals surface area contributed by atoms with E-state index in [2.05, 4.69) is 25.9 Å². The number of fused-ring (bicyclic) bond motifs is 5. The van der Waals surface area contributed by atoms with Gasteiger partial charge in [0.15, 0.2) is 0 Å². The molecular formula is C24H40N2O3. The molecule has 4 saturated carbocycles. The number of nitrogens with zero attached hydrogens (tertiary/aromatic N) is 1. The van der Waals surface area contributed by atoms with Crippen molar-refractivity contribution in [2.75, 3.05) is 6.54 Å². The number of carbonyl (C=O) groups excluding carboxylic acids is 1. The maximum atomic E-state index is 12.7. The first-order chi connectivity index (χ1) is 13.5. The summed E-state index contributed by atoms with van der Waals surface area (Å²) in [5, 5.41) is 16.4. The molecule has 0 spiro atoms. The van der Waals surface area contributed by atoms with Crippen molar-refractivity contribution in [1.29, 1.82) is 0 Å². The molecule has 0 saturated heterocycles. The molecule has 7 atom stereocenters. The predicted octanol–water partition coefficient (Wildman–Crippen LogP) is 4.07. The Balaban J connectivity index is 1.60. The summed E-state index contributed by atoms with van der Waals surface area (Å²) in [5.41, 5.74) is 5.28. The van der Waals surface area contributed by atoms with Gasteiger partial charge in [0.05, 0.1) is 11.3 Å². The van der Waals surface area contributed by atoms with Crippen molar-refractivity contribution >= 4 is 11.5 Å². The molecule has 5 heteroatoms. The van der Waals surface area contributed by atoms with Crippen LogP contribution in [0.5, 0.6) is 0 Å². The first kappa shape index (κ1) is 21.3. The maximum absolute atomic E-state index is 12.7. The van der Waals surface area contributed by atoms with E-state index < -0.39 is 11.2 Å². The van der Waals surface area contributed by atoms with E-state index in [1.165, 1.54) is 0 Å². The van der Waals surface area contributed by atoms with E-state index in [4.69, 9.17) is 10.6 Å². The summed E-state index contributed by atoms with van der Waals surface area (Å²) in [6.45, 7) is 11.1. The Kier molecular flexibility index (Phi) is 4.98. The fourth-order valence-corrected chi connectivity index (χ4v) is 7.58. The highest BCUT2D eigenvalue weighted by molar-refractivity contribution is 5.87. The molecule has 5 nitrogen and oxygen atoms in total. The number of hydrogen-bond acceptors (Lipinski definition) is 5. The minimum absolute atomic E-state index is 0.112. The van der Waals surface area contributed by atoms with E-state index >= 15 is 0 Å². The lowest BCUT2D eigenvalue weighted by atomic mass is 9.41. The van der Waals surface area contributed by atoms with Crippen LogP contribution in [-0.2, 0) is 9.63 Å². The van der Waals surface area contributed by atoms with Crippen molar-refractivity contribution in [3.8, 4) is 0 Å². The third-order valence-electron chi connectivity index (χ3n) is 9.58. The molecule has 4 fully saturated rings. The minimum atomic E-state index is -0.739. The Bertz CT molecular complexity index is 719. The van der Waals surface area contributed by atoms with Gasteiger partial charge in [0.1, 0.15) is 11.4 Å². The van der Waals surface area contributed by atoms with Crippen LogP contribution >= 0.6 is 0 Å². The van der Waals surface area contributed by atoms with E-state index in [-0.39, 0.29) is 10.8 Å². The number of hydrogen-bond donors (Lipinski definition) is 2. The lowest BCUT2D eigenvalue weighted by Gasteiger charge is -2.64. The number of oxime groups is 1. The molecule has 0 radical (unpaired) electrons. The molecule has 0 heterocycles. The van der Waals surface area contributed by atoms with Gasteiger partial charge in [0.2, 0.25) is 0 Å². The molecule has 0 unspecified atom stereocenters. The zero-order valence-corrected chi connectivity index (χ0v) is 19.0. The number of aliphatic hydroxyl groups is 1. The smallest absolute Gasteiger partial charge is 0.144 e. The summed E-state index contributed by atoms with van der Waals surface area (Å²) in [7, 11) is 0. The van der Waals surface area contributed by atoms with Gasteiger partial charge >= 0.3 is 0 Å². The Hall–Kier alpha value is -0.940. The van der Waals surface area contributed by atoms with E-state index in [0.29, 0.717) is 42.4 Å². The normalized spacial score (nSPS) is 48.8. The van der Waals surface area contributed by atoms with Crippen molar-refractivity contribution < 1.29 is 14.7 Å². The molecule has 3 N–H and O–H groups in total. The second-order valence-corrected chi connectivity index (χ2v) is 11.7. The van der Waals surface area contributed by atoms with Gasteiger partial charge in [0.25, 0.3) is 0 Å². The molecule has 0 aromatic carbocycles. The second-order valence-electron chi connectivity index (χ2n) is 11.7. The molecule has 0 amide bonds. The van der Waals surface area contributed by atoms with Gasteiger partial charge in [-0.1, -0.05) is 25.9 Å². The fourth-order valence-electron chi connectivity index (χ4n) is 7.58. The maximum Gasteiger partial charge on any atom is 0.144 e. The molecule has 4 aliphatic rings. The zero-order valence-electron chi connectivity index (χ0n) is 19.0. The molecule has 0 bridgehead atoms. The van der Waals surface area contributed by atoms with Crippen LogP contribution in [0.4, 0.5) is 0 Å². The largest absolute Gasteiger partial charge is 0.389 e. The average Bonchev–Trinajstić information content (AvgIpc) is 2.96. The van der Waals surface area contributed by atoms with Crippen LogP contribution in [0.2, 0.25) is 0 Å². The highest BCUT2D eigenvalue weighted by atomic mass is 16.6. The Labute approximate surface area is 175 Å². The number of Topliss-reactive ketones (excluding diaryl/α,β-unsaturated/α-hetero) is 1.